The summed E-state index contributed by atoms with van der Waals surface area (Å²) in [5.74, 6) is 0.803. The summed E-state index contributed by atoms with van der Waals surface area (Å²) in [6.07, 6.45) is 3.62. The zero-order valence-corrected chi connectivity index (χ0v) is 12.1. The first-order valence-corrected chi connectivity index (χ1v) is 6.95. The molecule has 0 amide bonds. The summed E-state index contributed by atoms with van der Waals surface area (Å²) in [6, 6.07) is 6.47. The van der Waals surface area contributed by atoms with Crippen LogP contribution < -0.4 is 5.32 Å². The van der Waals surface area contributed by atoms with Gasteiger partial charge in [0.15, 0.2) is 0 Å². The summed E-state index contributed by atoms with van der Waals surface area (Å²) in [5.41, 5.74) is 2.67. The highest BCUT2D eigenvalue weighted by atomic mass is 79.9. The van der Waals surface area contributed by atoms with E-state index in [1.54, 1.807) is 0 Å². The van der Waals surface area contributed by atoms with Crippen molar-refractivity contribution in [3.63, 3.8) is 0 Å². The molecule has 1 N–H and O–H groups in total. The van der Waals surface area contributed by atoms with Crippen molar-refractivity contribution in [1.82, 2.24) is 0 Å². The predicted octanol–water partition coefficient (Wildman–Crippen LogP) is 4.86. The summed E-state index contributed by atoms with van der Waals surface area (Å²) in [6.45, 7) is 7.82. The Morgan fingerprint density at radius 1 is 1.31 bits per heavy atom. The van der Waals surface area contributed by atoms with Gasteiger partial charge in [-0.25, -0.2) is 0 Å². The van der Waals surface area contributed by atoms with E-state index in [4.69, 9.17) is 0 Å². The van der Waals surface area contributed by atoms with E-state index in [0.717, 1.165) is 23.4 Å². The molecule has 0 aromatic heterocycles. The molecule has 0 bridgehead atoms. The van der Waals surface area contributed by atoms with Crippen molar-refractivity contribution < 1.29 is 0 Å². The van der Waals surface area contributed by atoms with Crippen LogP contribution in [0.5, 0.6) is 0 Å². The molecule has 16 heavy (non-hydrogen) atoms. The molecule has 0 atom stereocenters. The second-order valence-corrected chi connectivity index (χ2v) is 5.53. The molecule has 0 unspecified atom stereocenters. The van der Waals surface area contributed by atoms with Crippen molar-refractivity contribution in [1.29, 1.82) is 0 Å². The number of hydrogen-bond donors (Lipinski definition) is 1. The minimum Gasteiger partial charge on any atom is -0.385 e. The largest absolute Gasteiger partial charge is 0.385 e. The van der Waals surface area contributed by atoms with Crippen molar-refractivity contribution >= 4 is 21.6 Å². The normalized spacial score (nSPS) is 10.8. The second kappa shape index (κ2) is 6.95. The maximum atomic E-state index is 3.53. The molecule has 0 radical (unpaired) electrons. The molecule has 1 nitrogen and oxygen atoms in total. The number of halogens is 1. The Morgan fingerprint density at radius 2 is 2.06 bits per heavy atom. The topological polar surface area (TPSA) is 12.0 Å². The number of hydrogen-bond acceptors (Lipinski definition) is 1. The molecule has 0 spiro atoms. The lowest BCUT2D eigenvalue weighted by Gasteiger charge is -2.12. The Kier molecular flexibility index (Phi) is 5.89. The maximum absolute atomic E-state index is 3.53. The average Bonchev–Trinajstić information content (AvgIpc) is 2.25. The Balaban J connectivity index is 2.47. The molecule has 90 valence electrons. The van der Waals surface area contributed by atoms with Crippen LogP contribution in [-0.4, -0.2) is 6.54 Å². The number of aryl methyl sites for hydroxylation is 1. The fraction of sp³-hybridized carbons (Fsp3) is 0.571. The van der Waals surface area contributed by atoms with Gasteiger partial charge in [-0.2, -0.15) is 0 Å². The molecule has 0 heterocycles. The summed E-state index contributed by atoms with van der Waals surface area (Å²) in [4.78, 5) is 0. The molecule has 1 aromatic carbocycles. The smallest absolute Gasteiger partial charge is 0.0373 e. The first-order valence-electron chi connectivity index (χ1n) is 6.15. The lowest BCUT2D eigenvalue weighted by Crippen LogP contribution is -2.05. The van der Waals surface area contributed by atoms with Gasteiger partial charge in [0.2, 0.25) is 0 Å². The highest BCUT2D eigenvalue weighted by molar-refractivity contribution is 9.10. The molecule has 0 aliphatic carbocycles. The SMILES string of the molecule is CCc1cc(Br)ccc1NCCCC(C)C. The van der Waals surface area contributed by atoms with Crippen LogP contribution in [0.4, 0.5) is 5.69 Å². The fourth-order valence-electron chi connectivity index (χ4n) is 1.76. The van der Waals surface area contributed by atoms with Crippen molar-refractivity contribution in [2.24, 2.45) is 5.92 Å². The third kappa shape index (κ3) is 4.56. The Morgan fingerprint density at radius 3 is 2.69 bits per heavy atom. The molecule has 1 rings (SSSR count). The van der Waals surface area contributed by atoms with Gasteiger partial charge in [-0.1, -0.05) is 36.7 Å². The Hall–Kier alpha value is -0.500. The molecule has 2 heteroatoms. The van der Waals surface area contributed by atoms with Gasteiger partial charge in [-0.3, -0.25) is 0 Å². The van der Waals surface area contributed by atoms with Crippen LogP contribution in [0.25, 0.3) is 0 Å². The first-order chi connectivity index (χ1) is 7.63. The van der Waals surface area contributed by atoms with E-state index < -0.39 is 0 Å². The maximum Gasteiger partial charge on any atom is 0.0373 e. The average molecular weight is 284 g/mol. The first kappa shape index (κ1) is 13.6. The molecule has 0 aliphatic heterocycles. The second-order valence-electron chi connectivity index (χ2n) is 4.62. The van der Waals surface area contributed by atoms with Gasteiger partial charge < -0.3 is 5.32 Å². The minimum absolute atomic E-state index is 0.803. The van der Waals surface area contributed by atoms with Crippen LogP contribution in [0.1, 0.15) is 39.2 Å². The van der Waals surface area contributed by atoms with Gasteiger partial charge in [0.1, 0.15) is 0 Å². The number of nitrogens with one attached hydrogen (secondary N) is 1. The van der Waals surface area contributed by atoms with Crippen molar-refractivity contribution in [3.05, 3.63) is 28.2 Å². The summed E-state index contributed by atoms with van der Waals surface area (Å²) < 4.78 is 1.16. The van der Waals surface area contributed by atoms with Gasteiger partial charge in [-0.15, -0.1) is 0 Å². The van der Waals surface area contributed by atoms with Crippen LogP contribution in [0, 0.1) is 5.92 Å². The van der Waals surface area contributed by atoms with Crippen LogP contribution in [-0.2, 0) is 6.42 Å². The zero-order valence-electron chi connectivity index (χ0n) is 10.5. The lowest BCUT2D eigenvalue weighted by atomic mass is 10.1. The van der Waals surface area contributed by atoms with E-state index in [1.807, 2.05) is 0 Å². The highest BCUT2D eigenvalue weighted by Gasteiger charge is 2.01. The highest BCUT2D eigenvalue weighted by Crippen LogP contribution is 2.21. The van der Waals surface area contributed by atoms with Crippen LogP contribution in [0.3, 0.4) is 0 Å². The monoisotopic (exact) mass is 283 g/mol. The molecular formula is C14H22BrN. The summed E-state index contributed by atoms with van der Waals surface area (Å²) in [7, 11) is 0. The van der Waals surface area contributed by atoms with E-state index in [-0.39, 0.29) is 0 Å². The van der Waals surface area contributed by atoms with Crippen LogP contribution >= 0.6 is 15.9 Å². The third-order valence-electron chi connectivity index (χ3n) is 2.72. The van der Waals surface area contributed by atoms with E-state index in [0.29, 0.717) is 0 Å². The zero-order chi connectivity index (χ0) is 12.0. The summed E-state index contributed by atoms with van der Waals surface area (Å²) >= 11 is 3.51. The number of rotatable bonds is 6. The van der Waals surface area contributed by atoms with Crippen molar-refractivity contribution in [3.8, 4) is 0 Å². The molecule has 0 saturated heterocycles. The van der Waals surface area contributed by atoms with Crippen molar-refractivity contribution in [2.75, 3.05) is 11.9 Å². The lowest BCUT2D eigenvalue weighted by molar-refractivity contribution is 0.567. The number of benzene rings is 1. The van der Waals surface area contributed by atoms with Gasteiger partial charge in [-0.05, 0) is 48.9 Å². The molecule has 0 fully saturated rings. The molecule has 0 aliphatic rings. The standard InChI is InChI=1S/C14H22BrN/c1-4-12-10-13(15)7-8-14(12)16-9-5-6-11(2)3/h7-8,10-11,16H,4-6,9H2,1-3H3. The van der Waals surface area contributed by atoms with E-state index in [1.165, 1.54) is 24.1 Å². The van der Waals surface area contributed by atoms with E-state index >= 15 is 0 Å². The Bertz CT molecular complexity index is 321. The Labute approximate surface area is 108 Å². The van der Waals surface area contributed by atoms with E-state index in [2.05, 4.69) is 60.2 Å². The van der Waals surface area contributed by atoms with Gasteiger partial charge in [0.25, 0.3) is 0 Å². The van der Waals surface area contributed by atoms with E-state index in [9.17, 15) is 0 Å². The minimum atomic E-state index is 0.803. The summed E-state index contributed by atoms with van der Waals surface area (Å²) in [5, 5.41) is 3.53. The predicted molar refractivity (Wildman–Crippen MR) is 76.1 cm³/mol. The van der Waals surface area contributed by atoms with Gasteiger partial charge in [0, 0.05) is 16.7 Å². The number of anilines is 1. The van der Waals surface area contributed by atoms with Gasteiger partial charge in [0.05, 0.1) is 0 Å². The van der Waals surface area contributed by atoms with Crippen molar-refractivity contribution in [2.45, 2.75) is 40.0 Å². The van der Waals surface area contributed by atoms with Crippen LogP contribution in [0.2, 0.25) is 0 Å². The molecule has 1 aromatic rings. The fourth-order valence-corrected chi connectivity index (χ4v) is 2.17. The molecular weight excluding hydrogens is 262 g/mol. The quantitative estimate of drug-likeness (QED) is 0.736. The van der Waals surface area contributed by atoms with Gasteiger partial charge >= 0.3 is 0 Å². The van der Waals surface area contributed by atoms with Crippen LogP contribution in [0.15, 0.2) is 22.7 Å². The third-order valence-corrected chi connectivity index (χ3v) is 3.22. The molecule has 0 saturated carbocycles.